The van der Waals surface area contributed by atoms with Crippen LogP contribution in [0.15, 0.2) is 66.7 Å². The molecule has 27 heavy (non-hydrogen) atoms. The number of aryl methyl sites for hydroxylation is 3. The fourth-order valence-electron chi connectivity index (χ4n) is 3.22. The molecule has 0 aliphatic carbocycles. The second kappa shape index (κ2) is 8.09. The zero-order valence-electron chi connectivity index (χ0n) is 16.2. The minimum Gasteiger partial charge on any atom is -0.481 e. The maximum atomic E-state index is 12.6. The normalized spacial score (nSPS) is 11.7. The van der Waals surface area contributed by atoms with Gasteiger partial charge in [-0.15, -0.1) is 0 Å². The van der Waals surface area contributed by atoms with Crippen LogP contribution in [0, 0.1) is 20.8 Å². The number of nitrogens with one attached hydrogen (secondary N) is 1. The summed E-state index contributed by atoms with van der Waals surface area (Å²) in [6.07, 6.45) is -0.590. The van der Waals surface area contributed by atoms with Crippen LogP contribution in [0.5, 0.6) is 5.75 Å². The predicted octanol–water partition coefficient (Wildman–Crippen LogP) is 5.68. The Labute approximate surface area is 161 Å². The Morgan fingerprint density at radius 1 is 0.852 bits per heavy atom. The molecule has 0 bridgehead atoms. The monoisotopic (exact) mass is 359 g/mol. The van der Waals surface area contributed by atoms with Gasteiger partial charge in [0, 0.05) is 5.69 Å². The quantitative estimate of drug-likeness (QED) is 0.636. The highest BCUT2D eigenvalue weighted by molar-refractivity contribution is 5.95. The number of amides is 1. The molecule has 0 fully saturated rings. The number of ether oxygens (including phenoxy) is 1. The van der Waals surface area contributed by atoms with E-state index in [1.54, 1.807) is 6.92 Å². The molecule has 3 aromatic rings. The van der Waals surface area contributed by atoms with Gasteiger partial charge in [-0.05, 0) is 62.1 Å². The van der Waals surface area contributed by atoms with Crippen molar-refractivity contribution in [2.24, 2.45) is 0 Å². The zero-order valence-corrected chi connectivity index (χ0v) is 16.2. The molecule has 0 heterocycles. The number of rotatable bonds is 5. The largest absolute Gasteiger partial charge is 0.481 e. The van der Waals surface area contributed by atoms with Crippen molar-refractivity contribution < 1.29 is 9.53 Å². The van der Waals surface area contributed by atoms with Gasteiger partial charge in [0.15, 0.2) is 6.10 Å². The first-order valence-corrected chi connectivity index (χ1v) is 9.15. The molecule has 3 aromatic carbocycles. The molecule has 3 rings (SSSR count). The summed E-state index contributed by atoms with van der Waals surface area (Å²) < 4.78 is 5.83. The Morgan fingerprint density at radius 2 is 1.41 bits per heavy atom. The number of benzene rings is 3. The Hall–Kier alpha value is -3.07. The first kappa shape index (κ1) is 18.7. The summed E-state index contributed by atoms with van der Waals surface area (Å²) in [4.78, 5) is 12.6. The topological polar surface area (TPSA) is 38.3 Å². The molecule has 1 atom stereocenters. The molecule has 1 unspecified atom stereocenters. The first-order valence-electron chi connectivity index (χ1n) is 9.15. The first-order chi connectivity index (χ1) is 12.9. The summed E-state index contributed by atoms with van der Waals surface area (Å²) >= 11 is 0. The smallest absolute Gasteiger partial charge is 0.265 e. The second-order valence-corrected chi connectivity index (χ2v) is 6.91. The van der Waals surface area contributed by atoms with Crippen molar-refractivity contribution in [3.8, 4) is 16.9 Å². The lowest BCUT2D eigenvalue weighted by atomic mass is 10.0. The van der Waals surface area contributed by atoms with Crippen LogP contribution in [0.1, 0.15) is 23.6 Å². The Kier molecular flexibility index (Phi) is 5.60. The lowest BCUT2D eigenvalue weighted by molar-refractivity contribution is -0.122. The summed E-state index contributed by atoms with van der Waals surface area (Å²) in [6.45, 7) is 7.82. The molecule has 1 N–H and O–H groups in total. The van der Waals surface area contributed by atoms with E-state index in [1.165, 1.54) is 5.56 Å². The molecule has 3 nitrogen and oxygen atoms in total. The summed E-state index contributed by atoms with van der Waals surface area (Å²) in [6, 6.07) is 22.1. The van der Waals surface area contributed by atoms with Gasteiger partial charge in [0.2, 0.25) is 0 Å². The third-order valence-electron chi connectivity index (χ3n) is 4.57. The minimum atomic E-state index is -0.590. The third-order valence-corrected chi connectivity index (χ3v) is 4.57. The highest BCUT2D eigenvalue weighted by atomic mass is 16.5. The Balaban J connectivity index is 1.66. The zero-order chi connectivity index (χ0) is 19.4. The van der Waals surface area contributed by atoms with Crippen molar-refractivity contribution in [3.63, 3.8) is 0 Å². The van der Waals surface area contributed by atoms with Crippen LogP contribution in [0.3, 0.4) is 0 Å². The Bertz CT molecular complexity index is 907. The van der Waals surface area contributed by atoms with Crippen LogP contribution in [-0.2, 0) is 4.79 Å². The van der Waals surface area contributed by atoms with E-state index in [4.69, 9.17) is 4.74 Å². The maximum absolute atomic E-state index is 12.6. The van der Waals surface area contributed by atoms with Crippen molar-refractivity contribution in [3.05, 3.63) is 83.4 Å². The molecule has 0 aliphatic rings. The number of anilines is 1. The molecular formula is C24H25NO2. The van der Waals surface area contributed by atoms with Crippen molar-refractivity contribution in [1.29, 1.82) is 0 Å². The molecule has 3 heteroatoms. The second-order valence-electron chi connectivity index (χ2n) is 6.91. The molecule has 0 spiro atoms. The van der Waals surface area contributed by atoms with Crippen molar-refractivity contribution >= 4 is 11.6 Å². The Morgan fingerprint density at radius 3 is 2.00 bits per heavy atom. The van der Waals surface area contributed by atoms with Gasteiger partial charge in [-0.1, -0.05) is 60.2 Å². The number of carbonyl (C=O) groups is 1. The van der Waals surface area contributed by atoms with Crippen LogP contribution in [0.2, 0.25) is 0 Å². The van der Waals surface area contributed by atoms with E-state index in [2.05, 4.69) is 36.5 Å². The molecule has 0 aliphatic heterocycles. The average Bonchev–Trinajstić information content (AvgIpc) is 2.65. The number of hydrogen-bond acceptors (Lipinski definition) is 2. The summed E-state index contributed by atoms with van der Waals surface area (Å²) in [7, 11) is 0. The fourth-order valence-corrected chi connectivity index (χ4v) is 3.22. The van der Waals surface area contributed by atoms with Gasteiger partial charge in [-0.3, -0.25) is 4.79 Å². The molecular weight excluding hydrogens is 334 g/mol. The third kappa shape index (κ3) is 4.56. The van der Waals surface area contributed by atoms with Gasteiger partial charge < -0.3 is 10.1 Å². The van der Waals surface area contributed by atoms with E-state index in [1.807, 2.05) is 56.3 Å². The van der Waals surface area contributed by atoms with Crippen LogP contribution >= 0.6 is 0 Å². The van der Waals surface area contributed by atoms with Gasteiger partial charge >= 0.3 is 0 Å². The molecule has 0 aromatic heterocycles. The number of carbonyl (C=O) groups excluding carboxylic acids is 1. The van der Waals surface area contributed by atoms with Gasteiger partial charge in [-0.2, -0.15) is 0 Å². The van der Waals surface area contributed by atoms with E-state index in [0.717, 1.165) is 27.9 Å². The van der Waals surface area contributed by atoms with Gasteiger partial charge in [0.05, 0.1) is 0 Å². The summed E-state index contributed by atoms with van der Waals surface area (Å²) in [5, 5.41) is 3.00. The van der Waals surface area contributed by atoms with Gasteiger partial charge in [0.1, 0.15) is 5.75 Å². The summed E-state index contributed by atoms with van der Waals surface area (Å²) in [5.41, 5.74) is 6.43. The lowest BCUT2D eigenvalue weighted by Crippen LogP contribution is -2.30. The van der Waals surface area contributed by atoms with E-state index >= 15 is 0 Å². The van der Waals surface area contributed by atoms with Crippen molar-refractivity contribution in [1.82, 2.24) is 0 Å². The van der Waals surface area contributed by atoms with E-state index < -0.39 is 6.10 Å². The lowest BCUT2D eigenvalue weighted by Gasteiger charge is -2.18. The van der Waals surface area contributed by atoms with E-state index in [9.17, 15) is 4.79 Å². The van der Waals surface area contributed by atoms with Crippen LogP contribution in [0.25, 0.3) is 11.1 Å². The minimum absolute atomic E-state index is 0.155. The van der Waals surface area contributed by atoms with Crippen LogP contribution in [0.4, 0.5) is 5.69 Å². The van der Waals surface area contributed by atoms with Crippen LogP contribution < -0.4 is 10.1 Å². The van der Waals surface area contributed by atoms with E-state index in [-0.39, 0.29) is 5.91 Å². The highest BCUT2D eigenvalue weighted by Gasteiger charge is 2.17. The molecule has 0 saturated heterocycles. The van der Waals surface area contributed by atoms with Gasteiger partial charge in [-0.25, -0.2) is 0 Å². The van der Waals surface area contributed by atoms with E-state index in [0.29, 0.717) is 5.75 Å². The number of hydrogen-bond donors (Lipinski definition) is 1. The standard InChI is InChI=1S/C24H25NO2/c1-16-14-17(2)23(18(3)15-16)25-24(26)19(4)27-22-12-10-21(11-13-22)20-8-6-5-7-9-20/h5-15,19H,1-4H3,(H,25,26). The maximum Gasteiger partial charge on any atom is 0.265 e. The van der Waals surface area contributed by atoms with Gasteiger partial charge in [0.25, 0.3) is 5.91 Å². The molecule has 138 valence electrons. The highest BCUT2D eigenvalue weighted by Crippen LogP contribution is 2.24. The van der Waals surface area contributed by atoms with Crippen molar-refractivity contribution in [2.45, 2.75) is 33.8 Å². The van der Waals surface area contributed by atoms with Crippen molar-refractivity contribution in [2.75, 3.05) is 5.32 Å². The van der Waals surface area contributed by atoms with Crippen LogP contribution in [-0.4, -0.2) is 12.0 Å². The fraction of sp³-hybridized carbons (Fsp3) is 0.208. The average molecular weight is 359 g/mol. The summed E-state index contributed by atoms with van der Waals surface area (Å²) in [5.74, 6) is 0.520. The molecule has 0 radical (unpaired) electrons. The predicted molar refractivity (Wildman–Crippen MR) is 111 cm³/mol. The molecule has 1 amide bonds. The molecule has 0 saturated carbocycles. The SMILES string of the molecule is Cc1cc(C)c(NC(=O)C(C)Oc2ccc(-c3ccccc3)cc2)c(C)c1.